The molecule has 1 saturated carbocycles. The second-order valence-corrected chi connectivity index (χ2v) is 6.78. The average Bonchev–Trinajstić information content (AvgIpc) is 2.77. The molecular weight excluding hydrogens is 324 g/mol. The maximum atomic E-state index is 12.8. The molecule has 8 heteroatoms. The SMILES string of the molecule is CCCNC(=O)CCNC(=O)CN1C(=O)N(C)C2(CCCCC2)C1=O. The summed E-state index contributed by atoms with van der Waals surface area (Å²) >= 11 is 0. The first-order chi connectivity index (χ1) is 11.9. The van der Waals surface area contributed by atoms with Gasteiger partial charge < -0.3 is 15.5 Å². The summed E-state index contributed by atoms with van der Waals surface area (Å²) in [6, 6.07) is -0.414. The maximum Gasteiger partial charge on any atom is 0.327 e. The van der Waals surface area contributed by atoms with E-state index in [9.17, 15) is 19.2 Å². The van der Waals surface area contributed by atoms with E-state index >= 15 is 0 Å². The van der Waals surface area contributed by atoms with Crippen molar-refractivity contribution >= 4 is 23.8 Å². The zero-order chi connectivity index (χ0) is 18.4. The highest BCUT2D eigenvalue weighted by Crippen LogP contribution is 2.39. The third-order valence-corrected chi connectivity index (χ3v) is 5.03. The molecule has 0 aromatic heterocycles. The van der Waals surface area contributed by atoms with Crippen LogP contribution < -0.4 is 10.6 Å². The molecule has 5 amide bonds. The number of imide groups is 1. The minimum Gasteiger partial charge on any atom is -0.356 e. The van der Waals surface area contributed by atoms with Crippen molar-refractivity contribution in [2.24, 2.45) is 0 Å². The number of hydrogen-bond acceptors (Lipinski definition) is 4. The molecule has 2 N–H and O–H groups in total. The number of nitrogens with zero attached hydrogens (tertiary/aromatic N) is 2. The summed E-state index contributed by atoms with van der Waals surface area (Å²) in [5.74, 6) is -0.821. The summed E-state index contributed by atoms with van der Waals surface area (Å²) in [6.07, 6.45) is 5.24. The van der Waals surface area contributed by atoms with Gasteiger partial charge in [0, 0.05) is 26.6 Å². The Morgan fingerprint density at radius 1 is 1.04 bits per heavy atom. The van der Waals surface area contributed by atoms with Crippen LogP contribution in [0.5, 0.6) is 0 Å². The van der Waals surface area contributed by atoms with Crippen LogP contribution in [0.2, 0.25) is 0 Å². The van der Waals surface area contributed by atoms with E-state index in [4.69, 9.17) is 0 Å². The van der Waals surface area contributed by atoms with Gasteiger partial charge in [-0.15, -0.1) is 0 Å². The number of hydrogen-bond donors (Lipinski definition) is 2. The van der Waals surface area contributed by atoms with Gasteiger partial charge >= 0.3 is 6.03 Å². The Morgan fingerprint density at radius 3 is 2.32 bits per heavy atom. The highest BCUT2D eigenvalue weighted by atomic mass is 16.2. The first-order valence-corrected chi connectivity index (χ1v) is 9.05. The number of carbonyl (C=O) groups is 4. The highest BCUT2D eigenvalue weighted by Gasteiger charge is 2.55. The lowest BCUT2D eigenvalue weighted by Crippen LogP contribution is -2.49. The molecule has 8 nitrogen and oxygen atoms in total. The summed E-state index contributed by atoms with van der Waals surface area (Å²) in [4.78, 5) is 51.3. The number of carbonyl (C=O) groups excluding carboxylic acids is 4. The van der Waals surface area contributed by atoms with Gasteiger partial charge in [-0.2, -0.15) is 0 Å². The Hall–Kier alpha value is -2.12. The van der Waals surface area contributed by atoms with Crippen molar-refractivity contribution in [1.82, 2.24) is 20.4 Å². The fourth-order valence-corrected chi connectivity index (χ4v) is 3.54. The van der Waals surface area contributed by atoms with Crippen LogP contribution in [0.1, 0.15) is 51.9 Å². The summed E-state index contributed by atoms with van der Waals surface area (Å²) in [5, 5.41) is 5.32. The molecule has 140 valence electrons. The van der Waals surface area contributed by atoms with Gasteiger partial charge in [-0.1, -0.05) is 26.2 Å². The van der Waals surface area contributed by atoms with Gasteiger partial charge in [0.2, 0.25) is 11.8 Å². The molecule has 0 bridgehead atoms. The maximum absolute atomic E-state index is 12.8. The molecule has 1 aliphatic carbocycles. The molecular formula is C17H28N4O4. The Kier molecular flexibility index (Phi) is 6.39. The number of amides is 5. The number of rotatable bonds is 7. The van der Waals surface area contributed by atoms with Gasteiger partial charge in [-0.25, -0.2) is 4.79 Å². The zero-order valence-electron chi connectivity index (χ0n) is 15.1. The molecule has 1 heterocycles. The monoisotopic (exact) mass is 352 g/mol. The largest absolute Gasteiger partial charge is 0.356 e. The van der Waals surface area contributed by atoms with Gasteiger partial charge in [0.05, 0.1) is 0 Å². The van der Waals surface area contributed by atoms with Gasteiger partial charge in [0.15, 0.2) is 0 Å². The summed E-state index contributed by atoms with van der Waals surface area (Å²) < 4.78 is 0. The lowest BCUT2D eigenvalue weighted by molar-refractivity contribution is -0.137. The average molecular weight is 352 g/mol. The van der Waals surface area contributed by atoms with Gasteiger partial charge in [0.25, 0.3) is 5.91 Å². The smallest absolute Gasteiger partial charge is 0.327 e. The molecule has 0 aromatic carbocycles. The van der Waals surface area contributed by atoms with Gasteiger partial charge in [0.1, 0.15) is 12.1 Å². The van der Waals surface area contributed by atoms with Crippen LogP contribution in [-0.4, -0.2) is 65.8 Å². The molecule has 2 rings (SSSR count). The summed E-state index contributed by atoms with van der Waals surface area (Å²) in [6.45, 7) is 2.46. The van der Waals surface area contributed by atoms with Crippen molar-refractivity contribution in [2.45, 2.75) is 57.4 Å². The van der Waals surface area contributed by atoms with Crippen LogP contribution >= 0.6 is 0 Å². The van der Waals surface area contributed by atoms with E-state index in [-0.39, 0.29) is 31.3 Å². The third kappa shape index (κ3) is 4.11. The van der Waals surface area contributed by atoms with Crippen molar-refractivity contribution in [3.63, 3.8) is 0 Å². The topological polar surface area (TPSA) is 98.8 Å². The normalized spacial score (nSPS) is 19.4. The molecule has 1 aliphatic heterocycles. The van der Waals surface area contributed by atoms with Crippen LogP contribution in [0.3, 0.4) is 0 Å². The Balaban J connectivity index is 1.85. The first kappa shape index (κ1) is 19.2. The second kappa shape index (κ2) is 8.31. The Bertz CT molecular complexity index is 543. The minimum absolute atomic E-state index is 0.128. The standard InChI is InChI=1S/C17H28N4O4/c1-3-10-18-13(22)7-11-19-14(23)12-21-15(24)17(20(2)16(21)25)8-5-4-6-9-17/h3-12H2,1-2H3,(H,18,22)(H,19,23). The molecule has 0 aromatic rings. The molecule has 1 spiro atoms. The lowest BCUT2D eigenvalue weighted by atomic mass is 9.81. The van der Waals surface area contributed by atoms with Gasteiger partial charge in [-0.05, 0) is 19.3 Å². The predicted molar refractivity (Wildman–Crippen MR) is 91.6 cm³/mol. The van der Waals surface area contributed by atoms with Crippen LogP contribution in [-0.2, 0) is 14.4 Å². The molecule has 0 unspecified atom stereocenters. The van der Waals surface area contributed by atoms with E-state index in [1.807, 2.05) is 6.92 Å². The van der Waals surface area contributed by atoms with Gasteiger partial charge in [-0.3, -0.25) is 19.3 Å². The Morgan fingerprint density at radius 2 is 1.68 bits per heavy atom. The number of urea groups is 1. The fourth-order valence-electron chi connectivity index (χ4n) is 3.54. The molecule has 0 atom stereocenters. The predicted octanol–water partition coefficient (Wildman–Crippen LogP) is 0.616. The third-order valence-electron chi connectivity index (χ3n) is 5.03. The molecule has 2 aliphatic rings. The summed E-state index contributed by atoms with van der Waals surface area (Å²) in [5.41, 5.74) is -0.768. The van der Waals surface area contributed by atoms with E-state index in [2.05, 4.69) is 10.6 Å². The molecule has 1 saturated heterocycles. The van der Waals surface area contributed by atoms with E-state index in [0.717, 1.165) is 30.6 Å². The number of likely N-dealkylation sites (N-methyl/N-ethyl adjacent to an activating group) is 1. The summed E-state index contributed by atoms with van der Waals surface area (Å²) in [7, 11) is 1.64. The van der Waals surface area contributed by atoms with E-state index in [1.54, 1.807) is 7.05 Å². The van der Waals surface area contributed by atoms with Crippen molar-refractivity contribution in [2.75, 3.05) is 26.7 Å². The van der Waals surface area contributed by atoms with E-state index < -0.39 is 17.5 Å². The van der Waals surface area contributed by atoms with E-state index in [0.29, 0.717) is 19.4 Å². The molecule has 25 heavy (non-hydrogen) atoms. The van der Waals surface area contributed by atoms with Crippen LogP contribution in [0.4, 0.5) is 4.79 Å². The quantitative estimate of drug-likeness (QED) is 0.656. The zero-order valence-corrected chi connectivity index (χ0v) is 15.1. The Labute approximate surface area is 148 Å². The minimum atomic E-state index is -0.768. The van der Waals surface area contributed by atoms with Crippen molar-refractivity contribution < 1.29 is 19.2 Å². The van der Waals surface area contributed by atoms with Crippen LogP contribution in [0.25, 0.3) is 0 Å². The van der Waals surface area contributed by atoms with Crippen molar-refractivity contribution in [1.29, 1.82) is 0 Å². The second-order valence-electron chi connectivity index (χ2n) is 6.78. The van der Waals surface area contributed by atoms with Crippen molar-refractivity contribution in [3.8, 4) is 0 Å². The highest BCUT2D eigenvalue weighted by molar-refractivity contribution is 6.08. The van der Waals surface area contributed by atoms with Crippen LogP contribution in [0, 0.1) is 0 Å². The van der Waals surface area contributed by atoms with E-state index in [1.165, 1.54) is 4.90 Å². The molecule has 0 radical (unpaired) electrons. The van der Waals surface area contributed by atoms with Crippen molar-refractivity contribution in [3.05, 3.63) is 0 Å². The fraction of sp³-hybridized carbons (Fsp3) is 0.765. The first-order valence-electron chi connectivity index (χ1n) is 9.05. The van der Waals surface area contributed by atoms with Crippen LogP contribution in [0.15, 0.2) is 0 Å². The number of nitrogens with one attached hydrogen (secondary N) is 2. The lowest BCUT2D eigenvalue weighted by Gasteiger charge is -2.35. The molecule has 2 fully saturated rings.